The van der Waals surface area contributed by atoms with Crippen molar-refractivity contribution in [2.75, 3.05) is 18.9 Å². The number of nitrogens with zero attached hydrogens (tertiary/aromatic N) is 4. The number of nitrogen functional groups attached to an aromatic ring is 2. The summed E-state index contributed by atoms with van der Waals surface area (Å²) in [4.78, 5) is 38.2. The van der Waals surface area contributed by atoms with Crippen molar-refractivity contribution in [3.8, 4) is 11.5 Å². The van der Waals surface area contributed by atoms with Gasteiger partial charge in [0.2, 0.25) is 0 Å². The molecule has 0 aromatic carbocycles. The number of aromatic hydroxyl groups is 1. The highest BCUT2D eigenvalue weighted by atomic mass is 32.3. The van der Waals surface area contributed by atoms with Gasteiger partial charge in [0.1, 0.15) is 41.4 Å². The maximum Gasteiger partial charge on any atom is 0.418 e. The highest BCUT2D eigenvalue weighted by Crippen LogP contribution is 2.33. The third kappa shape index (κ3) is 6.39. The number of hydrogen-bond acceptors (Lipinski definition) is 14. The standard InChI is InChI=1S/C18H22N8O9S2/c1-18(2)13(16(29)26(18)35-37(30,31)32)24-15(28)11(9-7-36-17(21)23-9)25-34-4-3-33-8-5-10(27)12(14(19)20)22-6-8/h5-7,13,27H,3-4H2,1-2H3,(H3,19,20)(H2,21,23)(H,24,28)(H,30,31,32)/t13-/m1/s1. The first-order valence-electron chi connectivity index (χ1n) is 10.1. The van der Waals surface area contributed by atoms with Gasteiger partial charge in [-0.25, -0.2) is 9.97 Å². The predicted octanol–water partition coefficient (Wildman–Crippen LogP) is -1.25. The van der Waals surface area contributed by atoms with Crippen LogP contribution in [0.1, 0.15) is 25.2 Å². The summed E-state index contributed by atoms with van der Waals surface area (Å²) < 4.78 is 40.4. The zero-order valence-corrected chi connectivity index (χ0v) is 20.9. The second-order valence-corrected chi connectivity index (χ2v) is 9.73. The van der Waals surface area contributed by atoms with Crippen LogP contribution in [-0.4, -0.2) is 81.3 Å². The number of hydroxylamine groups is 2. The van der Waals surface area contributed by atoms with Gasteiger partial charge < -0.3 is 31.5 Å². The molecule has 1 atom stereocenters. The molecular weight excluding hydrogens is 536 g/mol. The van der Waals surface area contributed by atoms with E-state index in [2.05, 4.69) is 24.7 Å². The van der Waals surface area contributed by atoms with Gasteiger partial charge >= 0.3 is 10.4 Å². The van der Waals surface area contributed by atoms with Crippen molar-refractivity contribution < 1.29 is 41.5 Å². The average molecular weight is 559 g/mol. The topological polar surface area (TPSA) is 266 Å². The Kier molecular flexibility index (Phi) is 7.81. The number of thiazole rings is 1. The molecule has 0 radical (unpaired) electrons. The number of carbonyl (C=O) groups excluding carboxylic acids is 2. The van der Waals surface area contributed by atoms with Gasteiger partial charge in [-0.05, 0) is 13.8 Å². The molecule has 0 bridgehead atoms. The number of ether oxygens (including phenoxy) is 1. The van der Waals surface area contributed by atoms with Gasteiger partial charge in [0.15, 0.2) is 17.5 Å². The summed E-state index contributed by atoms with van der Waals surface area (Å²) in [6, 6.07) is -0.0273. The molecule has 1 fully saturated rings. The Morgan fingerprint density at radius 2 is 2.11 bits per heavy atom. The molecule has 1 aliphatic heterocycles. The van der Waals surface area contributed by atoms with Crippen LogP contribution >= 0.6 is 11.3 Å². The van der Waals surface area contributed by atoms with Crippen molar-refractivity contribution in [3.05, 3.63) is 29.0 Å². The van der Waals surface area contributed by atoms with Gasteiger partial charge in [0.05, 0.1) is 11.7 Å². The number of nitrogens with two attached hydrogens (primary N) is 2. The first-order valence-corrected chi connectivity index (χ1v) is 12.3. The van der Waals surface area contributed by atoms with Crippen molar-refractivity contribution in [2.45, 2.75) is 25.4 Å². The lowest BCUT2D eigenvalue weighted by Crippen LogP contribution is -2.76. The summed E-state index contributed by atoms with van der Waals surface area (Å²) >= 11 is 1.02. The Labute approximate surface area is 213 Å². The minimum Gasteiger partial charge on any atom is -0.505 e. The zero-order valence-electron chi connectivity index (χ0n) is 19.2. The van der Waals surface area contributed by atoms with Crippen molar-refractivity contribution >= 4 is 50.2 Å². The van der Waals surface area contributed by atoms with E-state index in [0.717, 1.165) is 11.3 Å². The van der Waals surface area contributed by atoms with Crippen LogP contribution in [0.25, 0.3) is 0 Å². The van der Waals surface area contributed by atoms with E-state index in [1.807, 2.05) is 0 Å². The number of hydrogen-bond donors (Lipinski definition) is 6. The largest absolute Gasteiger partial charge is 0.505 e. The average Bonchev–Trinajstić information content (AvgIpc) is 3.22. The molecule has 0 spiro atoms. The minimum atomic E-state index is -4.96. The number of amidine groups is 1. The number of amides is 2. The molecule has 19 heteroatoms. The smallest absolute Gasteiger partial charge is 0.418 e. The number of nitrogens with one attached hydrogen (secondary N) is 2. The molecule has 3 rings (SSSR count). The van der Waals surface area contributed by atoms with E-state index in [-0.39, 0.29) is 46.9 Å². The molecule has 2 amide bonds. The van der Waals surface area contributed by atoms with Crippen molar-refractivity contribution in [1.82, 2.24) is 20.3 Å². The molecule has 3 heterocycles. The summed E-state index contributed by atoms with van der Waals surface area (Å²) in [5.41, 5.74) is 9.17. The maximum absolute atomic E-state index is 12.9. The number of aromatic nitrogens is 2. The molecule has 200 valence electrons. The van der Waals surface area contributed by atoms with Gasteiger partial charge in [0, 0.05) is 11.4 Å². The van der Waals surface area contributed by atoms with Gasteiger partial charge in [-0.2, -0.15) is 13.5 Å². The number of carbonyl (C=O) groups is 2. The van der Waals surface area contributed by atoms with Gasteiger partial charge in [-0.15, -0.1) is 15.6 Å². The lowest BCUT2D eigenvalue weighted by Gasteiger charge is -2.50. The molecule has 0 unspecified atom stereocenters. The molecule has 2 aromatic rings. The monoisotopic (exact) mass is 558 g/mol. The Hall–Kier alpha value is -4.07. The number of rotatable bonds is 11. The van der Waals surface area contributed by atoms with Crippen LogP contribution in [0.5, 0.6) is 11.5 Å². The van der Waals surface area contributed by atoms with Crippen LogP contribution in [0.3, 0.4) is 0 Å². The lowest BCUT2D eigenvalue weighted by atomic mass is 9.84. The molecule has 0 saturated carbocycles. The summed E-state index contributed by atoms with van der Waals surface area (Å²) in [6.07, 6.45) is 1.24. The minimum absolute atomic E-state index is 0.0467. The maximum atomic E-state index is 12.9. The number of β-lactam (4-membered cyclic amide) rings is 1. The number of oxime groups is 1. The second kappa shape index (κ2) is 10.5. The zero-order chi connectivity index (χ0) is 27.5. The fourth-order valence-corrected chi connectivity index (χ4v) is 4.05. The van der Waals surface area contributed by atoms with Crippen LogP contribution in [0.2, 0.25) is 0 Å². The number of pyridine rings is 1. The van der Waals surface area contributed by atoms with Crippen molar-refractivity contribution in [2.24, 2.45) is 10.9 Å². The molecular formula is C18H22N8O9S2. The Morgan fingerprint density at radius 1 is 1.41 bits per heavy atom. The first kappa shape index (κ1) is 27.5. The summed E-state index contributed by atoms with van der Waals surface area (Å²) in [5, 5.41) is 25.2. The predicted molar refractivity (Wildman–Crippen MR) is 127 cm³/mol. The molecule has 37 heavy (non-hydrogen) atoms. The second-order valence-electron chi connectivity index (χ2n) is 7.84. The molecule has 0 aliphatic carbocycles. The van der Waals surface area contributed by atoms with Crippen molar-refractivity contribution in [1.29, 1.82) is 5.41 Å². The molecule has 8 N–H and O–H groups in total. The van der Waals surface area contributed by atoms with E-state index in [0.29, 0.717) is 5.06 Å². The van der Waals surface area contributed by atoms with E-state index in [1.165, 1.54) is 31.5 Å². The summed E-state index contributed by atoms with van der Waals surface area (Å²) in [7, 11) is -4.96. The summed E-state index contributed by atoms with van der Waals surface area (Å²) in [5.74, 6) is -2.44. The Bertz CT molecular complexity index is 1360. The van der Waals surface area contributed by atoms with Crippen LogP contribution in [0.4, 0.5) is 5.13 Å². The fraction of sp³-hybridized carbons (Fsp3) is 0.333. The number of anilines is 1. The molecule has 1 saturated heterocycles. The molecule has 2 aromatic heterocycles. The van der Waals surface area contributed by atoms with E-state index >= 15 is 0 Å². The highest BCUT2D eigenvalue weighted by Gasteiger charge is 2.58. The van der Waals surface area contributed by atoms with Crippen LogP contribution in [-0.2, 0) is 29.1 Å². The van der Waals surface area contributed by atoms with Crippen molar-refractivity contribution in [3.63, 3.8) is 0 Å². The normalized spacial score (nSPS) is 17.2. The lowest BCUT2D eigenvalue weighted by molar-refractivity contribution is -0.218. The van der Waals surface area contributed by atoms with E-state index in [4.69, 9.17) is 31.0 Å². The van der Waals surface area contributed by atoms with Crippen LogP contribution in [0, 0.1) is 5.41 Å². The van der Waals surface area contributed by atoms with Gasteiger partial charge in [-0.1, -0.05) is 5.16 Å². The quantitative estimate of drug-likeness (QED) is 0.0470. The van der Waals surface area contributed by atoms with Gasteiger partial charge in [-0.3, -0.25) is 19.6 Å². The van der Waals surface area contributed by atoms with E-state index in [1.54, 1.807) is 0 Å². The first-order chi connectivity index (χ1) is 17.2. The fourth-order valence-electron chi connectivity index (χ4n) is 3.05. The van der Waals surface area contributed by atoms with Crippen LogP contribution in [0.15, 0.2) is 22.8 Å². The third-order valence-electron chi connectivity index (χ3n) is 4.80. The van der Waals surface area contributed by atoms with E-state index in [9.17, 15) is 23.1 Å². The van der Waals surface area contributed by atoms with E-state index < -0.39 is 39.6 Å². The molecule has 1 aliphatic rings. The highest BCUT2D eigenvalue weighted by molar-refractivity contribution is 7.80. The Balaban J connectivity index is 1.65. The Morgan fingerprint density at radius 3 is 2.65 bits per heavy atom. The van der Waals surface area contributed by atoms with Gasteiger partial charge in [0.25, 0.3) is 11.8 Å². The molecule has 17 nitrogen and oxygen atoms in total. The SMILES string of the molecule is CC1(C)[C@H](NC(=O)C(=NOCCOc2cnc(C(=N)N)c(O)c2)c2csc(N)n2)C(=O)N1OS(=O)(=O)O. The van der Waals surface area contributed by atoms with Crippen LogP contribution < -0.4 is 21.5 Å². The third-order valence-corrected chi connectivity index (χ3v) is 5.81. The summed E-state index contributed by atoms with van der Waals surface area (Å²) in [6.45, 7) is 2.53.